The molecule has 1 fully saturated rings. The molecule has 0 saturated heterocycles. The smallest absolute Gasteiger partial charge is 0.0524 e. The van der Waals surface area contributed by atoms with Crippen molar-refractivity contribution in [3.8, 4) is 0 Å². The highest BCUT2D eigenvalue weighted by atomic mass is 15.2. The van der Waals surface area contributed by atoms with Crippen LogP contribution in [0.5, 0.6) is 0 Å². The molecule has 21 heavy (non-hydrogen) atoms. The van der Waals surface area contributed by atoms with Gasteiger partial charge in [-0.1, -0.05) is 50.8 Å². The molecule has 1 saturated carbocycles. The van der Waals surface area contributed by atoms with Crippen LogP contribution in [0, 0.1) is 5.92 Å². The van der Waals surface area contributed by atoms with Gasteiger partial charge in [-0.3, -0.25) is 0 Å². The number of hydrogen-bond donors (Lipinski definition) is 1. The number of rotatable bonds is 4. The minimum Gasteiger partial charge on any atom is -0.364 e. The number of hydrogen-bond acceptors (Lipinski definition) is 2. The molecule has 2 atom stereocenters. The van der Waals surface area contributed by atoms with Crippen molar-refractivity contribution in [1.29, 1.82) is 0 Å². The van der Waals surface area contributed by atoms with E-state index in [1.807, 2.05) is 0 Å². The SMILES string of the molecule is CCCC1CCCC(CN)(N2CCc3ccccc32)CC1. The number of anilines is 1. The van der Waals surface area contributed by atoms with Crippen molar-refractivity contribution in [2.24, 2.45) is 11.7 Å². The van der Waals surface area contributed by atoms with Crippen LogP contribution >= 0.6 is 0 Å². The molecule has 2 heteroatoms. The largest absolute Gasteiger partial charge is 0.364 e. The highest BCUT2D eigenvalue weighted by Gasteiger charge is 2.39. The number of nitrogens with two attached hydrogens (primary N) is 1. The van der Waals surface area contributed by atoms with Crippen LogP contribution in [0.4, 0.5) is 5.69 Å². The van der Waals surface area contributed by atoms with Gasteiger partial charge in [0.25, 0.3) is 0 Å². The van der Waals surface area contributed by atoms with E-state index < -0.39 is 0 Å². The summed E-state index contributed by atoms with van der Waals surface area (Å²) < 4.78 is 0. The van der Waals surface area contributed by atoms with Crippen LogP contribution in [0.3, 0.4) is 0 Å². The van der Waals surface area contributed by atoms with Gasteiger partial charge in [0.05, 0.1) is 5.54 Å². The van der Waals surface area contributed by atoms with Gasteiger partial charge in [0.15, 0.2) is 0 Å². The van der Waals surface area contributed by atoms with Crippen molar-refractivity contribution in [3.05, 3.63) is 29.8 Å². The third kappa shape index (κ3) is 2.83. The average Bonchev–Trinajstić information content (AvgIpc) is 2.84. The summed E-state index contributed by atoms with van der Waals surface area (Å²) in [5, 5.41) is 0. The van der Waals surface area contributed by atoms with Crippen molar-refractivity contribution in [3.63, 3.8) is 0 Å². The predicted octanol–water partition coefficient (Wildman–Crippen LogP) is 4.13. The Balaban J connectivity index is 1.81. The second kappa shape index (κ2) is 6.39. The maximum atomic E-state index is 6.32. The summed E-state index contributed by atoms with van der Waals surface area (Å²) in [4.78, 5) is 2.66. The molecule has 2 unspecified atom stereocenters. The van der Waals surface area contributed by atoms with Crippen LogP contribution in [0.15, 0.2) is 24.3 Å². The Bertz CT molecular complexity index is 470. The molecule has 1 aliphatic carbocycles. The van der Waals surface area contributed by atoms with Gasteiger partial charge in [0.1, 0.15) is 0 Å². The maximum Gasteiger partial charge on any atom is 0.0524 e. The molecule has 0 amide bonds. The molecule has 2 aliphatic rings. The molecular formula is C19H30N2. The van der Waals surface area contributed by atoms with E-state index >= 15 is 0 Å². The van der Waals surface area contributed by atoms with E-state index in [1.165, 1.54) is 62.6 Å². The topological polar surface area (TPSA) is 29.3 Å². The fraction of sp³-hybridized carbons (Fsp3) is 0.684. The Morgan fingerprint density at radius 3 is 2.90 bits per heavy atom. The molecule has 1 aromatic rings. The number of fused-ring (bicyclic) bond motifs is 1. The summed E-state index contributed by atoms with van der Waals surface area (Å²) in [5.74, 6) is 0.932. The van der Waals surface area contributed by atoms with E-state index in [0.717, 1.165) is 19.0 Å². The molecule has 1 aromatic carbocycles. The van der Waals surface area contributed by atoms with E-state index in [-0.39, 0.29) is 5.54 Å². The lowest BCUT2D eigenvalue weighted by Crippen LogP contribution is -2.53. The molecule has 0 aromatic heterocycles. The van der Waals surface area contributed by atoms with Crippen LogP contribution in [0.25, 0.3) is 0 Å². The summed E-state index contributed by atoms with van der Waals surface area (Å²) in [6, 6.07) is 8.93. The van der Waals surface area contributed by atoms with Gasteiger partial charge < -0.3 is 10.6 Å². The van der Waals surface area contributed by atoms with E-state index in [2.05, 4.69) is 36.1 Å². The average molecular weight is 286 g/mol. The second-order valence-electron chi connectivity index (χ2n) is 7.04. The Labute approximate surface area is 129 Å². The Morgan fingerprint density at radius 2 is 2.10 bits per heavy atom. The summed E-state index contributed by atoms with van der Waals surface area (Å²) in [5.41, 5.74) is 9.51. The molecule has 2 N–H and O–H groups in total. The van der Waals surface area contributed by atoms with Crippen molar-refractivity contribution in [2.75, 3.05) is 18.0 Å². The Hall–Kier alpha value is -1.02. The fourth-order valence-corrected chi connectivity index (χ4v) is 4.57. The van der Waals surface area contributed by atoms with Gasteiger partial charge in [0.2, 0.25) is 0 Å². The quantitative estimate of drug-likeness (QED) is 0.843. The summed E-state index contributed by atoms with van der Waals surface area (Å²) in [7, 11) is 0. The first-order chi connectivity index (χ1) is 10.3. The molecule has 3 rings (SSSR count). The lowest BCUT2D eigenvalue weighted by atomic mass is 9.87. The summed E-state index contributed by atoms with van der Waals surface area (Å²) in [6.07, 6.45) is 10.6. The van der Waals surface area contributed by atoms with Crippen molar-refractivity contribution < 1.29 is 0 Å². The van der Waals surface area contributed by atoms with Crippen LogP contribution in [0.2, 0.25) is 0 Å². The van der Waals surface area contributed by atoms with Gasteiger partial charge in [-0.2, -0.15) is 0 Å². The highest BCUT2D eigenvalue weighted by molar-refractivity contribution is 5.60. The summed E-state index contributed by atoms with van der Waals surface area (Å²) in [6.45, 7) is 4.28. The molecule has 0 radical (unpaired) electrons. The van der Waals surface area contributed by atoms with Crippen molar-refractivity contribution >= 4 is 5.69 Å². The monoisotopic (exact) mass is 286 g/mol. The van der Waals surface area contributed by atoms with Crippen LogP contribution in [-0.2, 0) is 6.42 Å². The first kappa shape index (κ1) is 14.9. The third-order valence-corrected chi connectivity index (χ3v) is 5.81. The lowest BCUT2D eigenvalue weighted by molar-refractivity contribution is 0.342. The minimum atomic E-state index is 0.217. The number of nitrogens with zero attached hydrogens (tertiary/aromatic N) is 1. The standard InChI is InChI=1S/C19H30N2/c1-2-6-16-7-5-12-19(15-20,13-10-16)21-14-11-17-8-3-4-9-18(17)21/h3-4,8-9,16H,2,5-7,10-15,20H2,1H3. The van der Waals surface area contributed by atoms with E-state index in [9.17, 15) is 0 Å². The molecule has 0 bridgehead atoms. The number of benzene rings is 1. The van der Waals surface area contributed by atoms with E-state index in [4.69, 9.17) is 5.73 Å². The molecular weight excluding hydrogens is 256 g/mol. The zero-order valence-corrected chi connectivity index (χ0v) is 13.5. The van der Waals surface area contributed by atoms with Crippen LogP contribution in [0.1, 0.15) is 57.4 Å². The maximum absolute atomic E-state index is 6.32. The van der Waals surface area contributed by atoms with E-state index in [1.54, 1.807) is 0 Å². The van der Waals surface area contributed by atoms with Gasteiger partial charge >= 0.3 is 0 Å². The van der Waals surface area contributed by atoms with Gasteiger partial charge in [-0.15, -0.1) is 0 Å². The molecule has 2 nitrogen and oxygen atoms in total. The second-order valence-corrected chi connectivity index (χ2v) is 7.04. The first-order valence-corrected chi connectivity index (χ1v) is 8.85. The van der Waals surface area contributed by atoms with Gasteiger partial charge in [-0.25, -0.2) is 0 Å². The Kier molecular flexibility index (Phi) is 4.54. The predicted molar refractivity (Wildman–Crippen MR) is 90.8 cm³/mol. The van der Waals surface area contributed by atoms with Crippen molar-refractivity contribution in [1.82, 2.24) is 0 Å². The van der Waals surface area contributed by atoms with Crippen molar-refractivity contribution in [2.45, 2.75) is 63.8 Å². The third-order valence-electron chi connectivity index (χ3n) is 5.81. The Morgan fingerprint density at radius 1 is 1.24 bits per heavy atom. The van der Waals surface area contributed by atoms with E-state index in [0.29, 0.717) is 0 Å². The summed E-state index contributed by atoms with van der Waals surface area (Å²) >= 11 is 0. The zero-order valence-electron chi connectivity index (χ0n) is 13.5. The zero-order chi connectivity index (χ0) is 14.7. The highest BCUT2D eigenvalue weighted by Crippen LogP contribution is 2.41. The van der Waals surface area contributed by atoms with Crippen LogP contribution < -0.4 is 10.6 Å². The first-order valence-electron chi connectivity index (χ1n) is 8.85. The normalized spacial score (nSPS) is 29.2. The number of para-hydroxylation sites is 1. The van der Waals surface area contributed by atoms with Gasteiger partial charge in [-0.05, 0) is 43.2 Å². The lowest BCUT2D eigenvalue weighted by Gasteiger charge is -2.43. The fourth-order valence-electron chi connectivity index (χ4n) is 4.57. The molecule has 1 aliphatic heterocycles. The molecule has 0 spiro atoms. The van der Waals surface area contributed by atoms with Gasteiger partial charge in [0, 0.05) is 18.8 Å². The van der Waals surface area contributed by atoms with Crippen LogP contribution in [-0.4, -0.2) is 18.6 Å². The molecule has 116 valence electrons. The molecule has 1 heterocycles. The minimum absolute atomic E-state index is 0.217.